The Bertz CT molecular complexity index is 140. The maximum Gasteiger partial charge on any atom is 0.0645 e. The number of rotatable bonds is 8. The second kappa shape index (κ2) is 9.54. The molecule has 0 saturated heterocycles. The topological polar surface area (TPSA) is 33.0 Å². The maximum absolute atomic E-state index is 8.30. The Kier molecular flexibility index (Phi) is 9.13. The first-order valence-electron chi connectivity index (χ1n) is 5.29. The quantitative estimate of drug-likeness (QED) is 0.542. The molecule has 0 amide bonds. The van der Waals surface area contributed by atoms with Crippen molar-refractivity contribution in [3.8, 4) is 6.07 Å². The lowest BCUT2D eigenvalue weighted by Crippen LogP contribution is -2.09. The molecule has 0 aromatic rings. The van der Waals surface area contributed by atoms with Crippen molar-refractivity contribution in [2.75, 3.05) is 13.2 Å². The van der Waals surface area contributed by atoms with Crippen molar-refractivity contribution in [3.05, 3.63) is 0 Å². The average Bonchev–Trinajstić information content (AvgIpc) is 2.17. The highest BCUT2D eigenvalue weighted by Crippen LogP contribution is 2.12. The Morgan fingerprint density at radius 1 is 1.38 bits per heavy atom. The molecular weight excluding hydrogens is 162 g/mol. The molecule has 0 aliphatic heterocycles. The predicted molar refractivity (Wildman–Crippen MR) is 54.4 cm³/mol. The molecule has 2 heteroatoms. The van der Waals surface area contributed by atoms with Gasteiger partial charge in [-0.2, -0.15) is 5.26 Å². The van der Waals surface area contributed by atoms with E-state index in [0.717, 1.165) is 6.61 Å². The van der Waals surface area contributed by atoms with Crippen LogP contribution in [0.5, 0.6) is 0 Å². The second-order valence-corrected chi connectivity index (χ2v) is 3.40. The highest BCUT2D eigenvalue weighted by Gasteiger charge is 2.04. The van der Waals surface area contributed by atoms with Crippen molar-refractivity contribution in [2.45, 2.75) is 46.0 Å². The number of nitriles is 1. The SMILES string of the molecule is CCCC[C@H](CC)COCCC#N. The molecule has 0 spiro atoms. The van der Waals surface area contributed by atoms with Crippen molar-refractivity contribution >= 4 is 0 Å². The van der Waals surface area contributed by atoms with Crippen LogP contribution in [0.1, 0.15) is 46.0 Å². The monoisotopic (exact) mass is 183 g/mol. The largest absolute Gasteiger partial charge is 0.380 e. The van der Waals surface area contributed by atoms with Crippen LogP contribution in [0.2, 0.25) is 0 Å². The molecule has 76 valence electrons. The summed E-state index contributed by atoms with van der Waals surface area (Å²) in [6.45, 7) is 5.84. The van der Waals surface area contributed by atoms with E-state index in [4.69, 9.17) is 10.00 Å². The molecule has 0 fully saturated rings. The Morgan fingerprint density at radius 2 is 2.15 bits per heavy atom. The molecule has 0 bridgehead atoms. The fraction of sp³-hybridized carbons (Fsp3) is 0.909. The van der Waals surface area contributed by atoms with Crippen LogP contribution in [0, 0.1) is 17.2 Å². The number of unbranched alkanes of at least 4 members (excludes halogenated alkanes) is 1. The zero-order valence-electron chi connectivity index (χ0n) is 8.88. The summed E-state index contributed by atoms with van der Waals surface area (Å²) in [5.41, 5.74) is 0. The van der Waals surface area contributed by atoms with Gasteiger partial charge in [0.2, 0.25) is 0 Å². The fourth-order valence-electron chi connectivity index (χ4n) is 1.27. The third kappa shape index (κ3) is 7.80. The molecular formula is C11H21NO. The molecule has 0 aromatic heterocycles. The summed E-state index contributed by atoms with van der Waals surface area (Å²) in [5.74, 6) is 0.693. The molecule has 0 aliphatic carbocycles. The molecule has 0 N–H and O–H groups in total. The van der Waals surface area contributed by atoms with Gasteiger partial charge in [0.15, 0.2) is 0 Å². The Balaban J connectivity index is 3.32. The molecule has 0 aromatic carbocycles. The van der Waals surface area contributed by atoms with Crippen LogP contribution in [-0.4, -0.2) is 13.2 Å². The van der Waals surface area contributed by atoms with Gasteiger partial charge >= 0.3 is 0 Å². The van der Waals surface area contributed by atoms with Crippen molar-refractivity contribution in [1.82, 2.24) is 0 Å². The minimum absolute atomic E-state index is 0.518. The normalized spacial score (nSPS) is 12.4. The zero-order chi connectivity index (χ0) is 9.94. The van der Waals surface area contributed by atoms with Crippen molar-refractivity contribution < 1.29 is 4.74 Å². The van der Waals surface area contributed by atoms with Gasteiger partial charge in [-0.25, -0.2) is 0 Å². The number of hydrogen-bond acceptors (Lipinski definition) is 2. The van der Waals surface area contributed by atoms with Crippen LogP contribution in [0.4, 0.5) is 0 Å². The summed E-state index contributed by atoms with van der Waals surface area (Å²) in [7, 11) is 0. The van der Waals surface area contributed by atoms with Crippen molar-refractivity contribution in [3.63, 3.8) is 0 Å². The van der Waals surface area contributed by atoms with Crippen LogP contribution in [0.15, 0.2) is 0 Å². The van der Waals surface area contributed by atoms with E-state index in [0.29, 0.717) is 18.9 Å². The van der Waals surface area contributed by atoms with Crippen molar-refractivity contribution in [1.29, 1.82) is 5.26 Å². The minimum atomic E-state index is 0.518. The van der Waals surface area contributed by atoms with Gasteiger partial charge in [-0.1, -0.05) is 33.1 Å². The van der Waals surface area contributed by atoms with E-state index in [9.17, 15) is 0 Å². The van der Waals surface area contributed by atoms with Gasteiger partial charge in [0.05, 0.1) is 19.1 Å². The smallest absolute Gasteiger partial charge is 0.0645 e. The Labute approximate surface area is 81.9 Å². The van der Waals surface area contributed by atoms with Crippen LogP contribution >= 0.6 is 0 Å². The highest BCUT2D eigenvalue weighted by molar-refractivity contribution is 4.67. The summed E-state index contributed by atoms with van der Waals surface area (Å²) >= 11 is 0. The van der Waals surface area contributed by atoms with Gasteiger partial charge < -0.3 is 4.74 Å². The first-order valence-corrected chi connectivity index (χ1v) is 5.29. The van der Waals surface area contributed by atoms with Crippen LogP contribution in [0.25, 0.3) is 0 Å². The lowest BCUT2D eigenvalue weighted by Gasteiger charge is -2.13. The first-order chi connectivity index (χ1) is 6.35. The third-order valence-corrected chi connectivity index (χ3v) is 2.26. The molecule has 13 heavy (non-hydrogen) atoms. The molecule has 0 aliphatic rings. The zero-order valence-corrected chi connectivity index (χ0v) is 8.88. The van der Waals surface area contributed by atoms with E-state index >= 15 is 0 Å². The lowest BCUT2D eigenvalue weighted by atomic mass is 10.0. The Hall–Kier alpha value is -0.550. The van der Waals surface area contributed by atoms with Crippen LogP contribution < -0.4 is 0 Å². The Morgan fingerprint density at radius 3 is 2.69 bits per heavy atom. The van der Waals surface area contributed by atoms with Crippen LogP contribution in [-0.2, 0) is 4.74 Å². The molecule has 0 unspecified atom stereocenters. The van der Waals surface area contributed by atoms with E-state index in [2.05, 4.69) is 19.9 Å². The number of nitrogens with zero attached hydrogens (tertiary/aromatic N) is 1. The summed E-state index contributed by atoms with van der Waals surface area (Å²) in [5, 5.41) is 8.30. The summed E-state index contributed by atoms with van der Waals surface area (Å²) in [6, 6.07) is 2.08. The van der Waals surface area contributed by atoms with Gasteiger partial charge in [-0.05, 0) is 12.3 Å². The van der Waals surface area contributed by atoms with Gasteiger partial charge in [0.25, 0.3) is 0 Å². The number of ether oxygens (including phenoxy) is 1. The molecule has 1 atom stereocenters. The fourth-order valence-corrected chi connectivity index (χ4v) is 1.27. The molecule has 0 heterocycles. The van der Waals surface area contributed by atoms with Crippen molar-refractivity contribution in [2.24, 2.45) is 5.92 Å². The standard InChI is InChI=1S/C11H21NO/c1-3-5-7-11(4-2)10-13-9-6-8-12/h11H,3-7,9-10H2,1-2H3/t11-/m0/s1. The average molecular weight is 183 g/mol. The summed E-state index contributed by atoms with van der Waals surface area (Å²) in [4.78, 5) is 0. The van der Waals surface area contributed by atoms with Gasteiger partial charge in [-0.15, -0.1) is 0 Å². The second-order valence-electron chi connectivity index (χ2n) is 3.40. The van der Waals surface area contributed by atoms with E-state index in [-0.39, 0.29) is 0 Å². The predicted octanol–water partition coefficient (Wildman–Crippen LogP) is 3.13. The maximum atomic E-state index is 8.30. The van der Waals surface area contributed by atoms with E-state index in [1.807, 2.05) is 0 Å². The van der Waals surface area contributed by atoms with Gasteiger partial charge in [0.1, 0.15) is 0 Å². The number of hydrogen-bond donors (Lipinski definition) is 0. The summed E-state index contributed by atoms with van der Waals surface area (Å²) in [6.07, 6.45) is 5.52. The van der Waals surface area contributed by atoms with Gasteiger partial charge in [0, 0.05) is 6.61 Å². The van der Waals surface area contributed by atoms with E-state index in [1.54, 1.807) is 0 Å². The molecule has 0 rings (SSSR count). The molecule has 0 saturated carbocycles. The van der Waals surface area contributed by atoms with Gasteiger partial charge in [-0.3, -0.25) is 0 Å². The highest BCUT2D eigenvalue weighted by atomic mass is 16.5. The molecule has 0 radical (unpaired) electrons. The van der Waals surface area contributed by atoms with E-state index in [1.165, 1.54) is 25.7 Å². The first kappa shape index (κ1) is 12.4. The lowest BCUT2D eigenvalue weighted by molar-refractivity contribution is 0.0982. The third-order valence-electron chi connectivity index (χ3n) is 2.26. The minimum Gasteiger partial charge on any atom is -0.380 e. The van der Waals surface area contributed by atoms with E-state index < -0.39 is 0 Å². The molecule has 2 nitrogen and oxygen atoms in total. The van der Waals surface area contributed by atoms with Crippen LogP contribution in [0.3, 0.4) is 0 Å². The summed E-state index contributed by atoms with van der Waals surface area (Å²) < 4.78 is 5.40.